The molecule has 48 heavy (non-hydrogen) atoms. The highest BCUT2D eigenvalue weighted by Crippen LogP contribution is 2.43. The third-order valence-electron chi connectivity index (χ3n) is 10.6. The van der Waals surface area contributed by atoms with Crippen molar-refractivity contribution in [3.05, 3.63) is 60.2 Å². The molecule has 1 unspecified atom stereocenters. The van der Waals surface area contributed by atoms with Crippen LogP contribution in [0.2, 0.25) is 36.3 Å². The molecule has 0 bridgehead atoms. The van der Waals surface area contributed by atoms with Gasteiger partial charge in [0, 0.05) is 18.9 Å². The van der Waals surface area contributed by atoms with Gasteiger partial charge in [-0.2, -0.15) is 11.8 Å². The number of thioether (sulfide) groups is 2. The van der Waals surface area contributed by atoms with Crippen molar-refractivity contribution in [2.45, 2.75) is 115 Å². The van der Waals surface area contributed by atoms with Gasteiger partial charge in [0.05, 0.1) is 24.2 Å². The number of fused-ring (bicyclic) bond motifs is 1. The van der Waals surface area contributed by atoms with E-state index in [0.29, 0.717) is 24.6 Å². The maximum Gasteiger partial charge on any atom is 0.315 e. The molecule has 5 nitrogen and oxygen atoms in total. The van der Waals surface area contributed by atoms with Crippen LogP contribution in [0.4, 0.5) is 0 Å². The standard InChI is InChI=1S/C39H62O5S2Si2/c1-38(2,3)47(8,9)43-27-32-26-35(40)37(46-24-14-23-45-28-36(41)42-7)34(32)22-21-33(44-48(10,11)39(4,5)6)20-18-29-17-19-30-15-12-13-16-31(30)25-29/h12-13,15-17,19,21-22,25,32-34,37H,14,18,20,23-24,26-28H2,1-11H3/b22-21+/t32-,33?,34-,37+/m0/s1. The first-order chi connectivity index (χ1) is 22.3. The summed E-state index contributed by atoms with van der Waals surface area (Å²) in [6.07, 6.45) is 7.91. The van der Waals surface area contributed by atoms with Crippen LogP contribution in [0.25, 0.3) is 10.8 Å². The summed E-state index contributed by atoms with van der Waals surface area (Å²) in [4.78, 5) is 25.1. The van der Waals surface area contributed by atoms with E-state index in [0.717, 1.165) is 30.8 Å². The quantitative estimate of drug-likeness (QED) is 0.0695. The van der Waals surface area contributed by atoms with Crippen molar-refractivity contribution in [2.24, 2.45) is 11.8 Å². The molecule has 2 aromatic carbocycles. The number of ether oxygens (including phenoxy) is 1. The second-order valence-corrected chi connectivity index (χ2v) is 28.3. The van der Waals surface area contributed by atoms with Crippen molar-refractivity contribution in [1.29, 1.82) is 0 Å². The number of carbonyl (C=O) groups is 2. The minimum absolute atomic E-state index is 0.0320. The molecule has 1 aliphatic rings. The number of esters is 1. The van der Waals surface area contributed by atoms with Crippen LogP contribution >= 0.6 is 23.5 Å². The number of rotatable bonds is 17. The number of hydrogen-bond donors (Lipinski definition) is 0. The molecule has 0 N–H and O–H groups in total. The molecule has 0 heterocycles. The predicted molar refractivity (Wildman–Crippen MR) is 213 cm³/mol. The van der Waals surface area contributed by atoms with Crippen molar-refractivity contribution in [3.8, 4) is 0 Å². The van der Waals surface area contributed by atoms with Crippen molar-refractivity contribution in [3.63, 3.8) is 0 Å². The van der Waals surface area contributed by atoms with E-state index < -0.39 is 16.6 Å². The van der Waals surface area contributed by atoms with Crippen LogP contribution in [0, 0.1) is 11.8 Å². The van der Waals surface area contributed by atoms with Crippen LogP contribution < -0.4 is 0 Å². The van der Waals surface area contributed by atoms with Gasteiger partial charge < -0.3 is 13.6 Å². The van der Waals surface area contributed by atoms with Crippen LogP contribution in [0.5, 0.6) is 0 Å². The van der Waals surface area contributed by atoms with E-state index >= 15 is 0 Å². The SMILES string of the molecule is COC(=O)CSCCCS[C@H]1C(=O)C[C@@H](CO[Si](C)(C)C(C)(C)C)[C@@H]1/C=C/C(CCc1ccc2ccccc2c1)O[Si](C)(C)C(C)(C)C. The summed E-state index contributed by atoms with van der Waals surface area (Å²) in [5, 5.41) is 2.65. The second-order valence-electron chi connectivity index (χ2n) is 16.4. The van der Waals surface area contributed by atoms with Crippen LogP contribution in [-0.4, -0.2) is 70.7 Å². The topological polar surface area (TPSA) is 61.8 Å². The Kier molecular flexibility index (Phi) is 15.2. The molecule has 3 rings (SSSR count). The Morgan fingerprint density at radius 1 is 0.958 bits per heavy atom. The second kappa shape index (κ2) is 17.7. The van der Waals surface area contributed by atoms with Crippen LogP contribution in [0.15, 0.2) is 54.6 Å². The van der Waals surface area contributed by atoms with Gasteiger partial charge in [-0.05, 0) is 89.3 Å². The van der Waals surface area contributed by atoms with Gasteiger partial charge in [0.1, 0.15) is 5.78 Å². The number of aryl methyl sites for hydroxylation is 1. The molecule has 1 saturated carbocycles. The summed E-state index contributed by atoms with van der Waals surface area (Å²) in [6.45, 7) is 23.6. The van der Waals surface area contributed by atoms with Gasteiger partial charge in [-0.3, -0.25) is 9.59 Å². The highest BCUT2D eigenvalue weighted by Gasteiger charge is 2.44. The molecule has 1 aliphatic carbocycles. The van der Waals surface area contributed by atoms with E-state index in [9.17, 15) is 9.59 Å². The molecule has 0 amide bonds. The first-order valence-electron chi connectivity index (χ1n) is 17.6. The van der Waals surface area contributed by atoms with Crippen LogP contribution in [0.3, 0.4) is 0 Å². The van der Waals surface area contributed by atoms with E-state index in [1.807, 2.05) is 0 Å². The van der Waals surface area contributed by atoms with Crippen molar-refractivity contribution in [2.75, 3.05) is 31.0 Å². The highest BCUT2D eigenvalue weighted by atomic mass is 32.2. The first kappa shape index (κ1) is 41.1. The Morgan fingerprint density at radius 2 is 1.62 bits per heavy atom. The van der Waals surface area contributed by atoms with E-state index in [4.69, 9.17) is 13.6 Å². The molecular formula is C39H62O5S2Si2. The van der Waals surface area contributed by atoms with E-state index in [1.165, 1.54) is 23.4 Å². The lowest BCUT2D eigenvalue weighted by molar-refractivity contribution is -0.137. The van der Waals surface area contributed by atoms with Gasteiger partial charge in [-0.15, -0.1) is 11.8 Å². The van der Waals surface area contributed by atoms with Gasteiger partial charge in [-0.25, -0.2) is 0 Å². The summed E-state index contributed by atoms with van der Waals surface area (Å²) >= 11 is 3.38. The molecule has 0 aromatic heterocycles. The Hall–Kier alpha value is -1.37. The first-order valence-corrected chi connectivity index (χ1v) is 25.6. The zero-order valence-corrected chi connectivity index (χ0v) is 35.2. The number of benzene rings is 2. The average molecular weight is 731 g/mol. The monoisotopic (exact) mass is 730 g/mol. The predicted octanol–water partition coefficient (Wildman–Crippen LogP) is 10.3. The number of Topliss-reactive ketones (excluding diaryl/α,β-unsaturated/α-hetero) is 1. The smallest absolute Gasteiger partial charge is 0.315 e. The lowest BCUT2D eigenvalue weighted by atomic mass is 9.95. The lowest BCUT2D eigenvalue weighted by Crippen LogP contribution is -2.43. The Morgan fingerprint density at radius 3 is 2.27 bits per heavy atom. The average Bonchev–Trinajstić information content (AvgIpc) is 3.31. The molecular weight excluding hydrogens is 669 g/mol. The van der Waals surface area contributed by atoms with Crippen LogP contribution in [-0.2, 0) is 29.6 Å². The fourth-order valence-corrected chi connectivity index (χ4v) is 10.1. The zero-order chi connectivity index (χ0) is 35.8. The summed E-state index contributed by atoms with van der Waals surface area (Å²) in [5.74, 6) is 2.53. The molecule has 2 aromatic rings. The van der Waals surface area contributed by atoms with E-state index in [2.05, 4.69) is 122 Å². The highest BCUT2D eigenvalue weighted by molar-refractivity contribution is 8.01. The Labute approximate surface area is 302 Å². The zero-order valence-electron chi connectivity index (χ0n) is 31.5. The van der Waals surface area contributed by atoms with Gasteiger partial charge in [-0.1, -0.05) is 96.2 Å². The van der Waals surface area contributed by atoms with E-state index in [1.54, 1.807) is 23.5 Å². The molecule has 0 radical (unpaired) electrons. The van der Waals surface area contributed by atoms with Crippen molar-refractivity contribution < 1.29 is 23.2 Å². The lowest BCUT2D eigenvalue weighted by Gasteiger charge is -2.39. The molecule has 0 saturated heterocycles. The van der Waals surface area contributed by atoms with Crippen LogP contribution in [0.1, 0.15) is 66.4 Å². The van der Waals surface area contributed by atoms with Gasteiger partial charge in [0.25, 0.3) is 0 Å². The number of carbonyl (C=O) groups excluding carboxylic acids is 2. The van der Waals surface area contributed by atoms with Crippen molar-refractivity contribution >= 4 is 62.7 Å². The summed E-state index contributed by atoms with van der Waals surface area (Å²) in [6, 6.07) is 15.3. The minimum Gasteiger partial charge on any atom is -0.468 e. The normalized spacial score (nSPS) is 20.1. The molecule has 1 fully saturated rings. The van der Waals surface area contributed by atoms with E-state index in [-0.39, 0.29) is 39.2 Å². The molecule has 9 heteroatoms. The maximum atomic E-state index is 13.6. The van der Waals surface area contributed by atoms with Gasteiger partial charge >= 0.3 is 5.97 Å². The van der Waals surface area contributed by atoms with Gasteiger partial charge in [0.15, 0.2) is 16.6 Å². The summed E-state index contributed by atoms with van der Waals surface area (Å²) < 4.78 is 18.6. The molecule has 0 spiro atoms. The molecule has 0 aliphatic heterocycles. The third-order valence-corrected chi connectivity index (χ3v) is 22.1. The largest absolute Gasteiger partial charge is 0.468 e. The number of ketones is 1. The number of allylic oxidation sites excluding steroid dienone is 1. The fourth-order valence-electron chi connectivity index (χ4n) is 5.43. The third kappa shape index (κ3) is 11.9. The summed E-state index contributed by atoms with van der Waals surface area (Å²) in [7, 11) is -2.60. The Balaban J connectivity index is 1.83. The Bertz CT molecular complexity index is 1380. The fraction of sp³-hybridized carbons (Fsp3) is 0.641. The minimum atomic E-state index is -2.06. The maximum absolute atomic E-state index is 13.6. The summed E-state index contributed by atoms with van der Waals surface area (Å²) in [5.41, 5.74) is 1.32. The molecule has 268 valence electrons. The molecule has 4 atom stereocenters. The van der Waals surface area contributed by atoms with Crippen molar-refractivity contribution in [1.82, 2.24) is 0 Å². The number of hydrogen-bond acceptors (Lipinski definition) is 7. The van der Waals surface area contributed by atoms with Gasteiger partial charge in [0.2, 0.25) is 0 Å². The number of methoxy groups -OCH3 is 1.